The Kier molecular flexibility index (Phi) is 4.67. The number of aromatic carboxylic acids is 1. The van der Waals surface area contributed by atoms with Gasteiger partial charge in [0, 0.05) is 12.5 Å². The monoisotopic (exact) mass is 252 g/mol. The highest BCUT2D eigenvalue weighted by Gasteiger charge is 2.15. The van der Waals surface area contributed by atoms with Gasteiger partial charge in [-0.1, -0.05) is 6.92 Å². The van der Waals surface area contributed by atoms with E-state index in [0.717, 1.165) is 0 Å². The van der Waals surface area contributed by atoms with Crippen molar-refractivity contribution in [2.24, 2.45) is 5.92 Å². The molecule has 1 unspecified atom stereocenters. The summed E-state index contributed by atoms with van der Waals surface area (Å²) in [6, 6.07) is 3.73. The van der Waals surface area contributed by atoms with E-state index in [1.165, 1.54) is 18.2 Å². The lowest BCUT2D eigenvalue weighted by Crippen LogP contribution is -2.28. The number of amides is 1. The van der Waals surface area contributed by atoms with Crippen LogP contribution in [0.3, 0.4) is 0 Å². The fourth-order valence-corrected chi connectivity index (χ4v) is 1.42. The van der Waals surface area contributed by atoms with Crippen molar-refractivity contribution in [2.75, 3.05) is 18.9 Å². The molecule has 0 bridgehead atoms. The largest absolute Gasteiger partial charge is 0.506 e. The maximum Gasteiger partial charge on any atom is 0.335 e. The summed E-state index contributed by atoms with van der Waals surface area (Å²) < 4.78 is 0. The van der Waals surface area contributed by atoms with Crippen molar-refractivity contribution in [3.63, 3.8) is 0 Å². The van der Waals surface area contributed by atoms with Crippen LogP contribution in [0.4, 0.5) is 5.69 Å². The molecule has 0 heterocycles. The Hall–Kier alpha value is -2.08. The zero-order valence-corrected chi connectivity index (χ0v) is 10.2. The minimum atomic E-state index is -1.12. The lowest BCUT2D eigenvalue weighted by molar-refractivity contribution is -0.119. The Labute approximate surface area is 105 Å². The first kappa shape index (κ1) is 14.0. The highest BCUT2D eigenvalue weighted by atomic mass is 16.4. The van der Waals surface area contributed by atoms with Crippen molar-refractivity contribution in [1.29, 1.82) is 0 Å². The third-order valence-corrected chi connectivity index (χ3v) is 2.46. The number of carbonyl (C=O) groups is 2. The molecule has 1 amide bonds. The summed E-state index contributed by atoms with van der Waals surface area (Å²) in [5.74, 6) is -1.86. The zero-order chi connectivity index (χ0) is 13.7. The number of rotatable bonds is 5. The molecule has 0 radical (unpaired) electrons. The summed E-state index contributed by atoms with van der Waals surface area (Å²) in [4.78, 5) is 22.5. The molecule has 0 spiro atoms. The Bertz CT molecular complexity index is 459. The van der Waals surface area contributed by atoms with E-state index >= 15 is 0 Å². The second-order valence-corrected chi connectivity index (χ2v) is 3.99. The molecule has 0 saturated carbocycles. The number of hydrogen-bond donors (Lipinski definition) is 4. The zero-order valence-electron chi connectivity index (χ0n) is 10.2. The summed E-state index contributed by atoms with van der Waals surface area (Å²) in [6.07, 6.45) is 0. The molecule has 18 heavy (non-hydrogen) atoms. The normalized spacial score (nSPS) is 11.9. The number of hydrogen-bond acceptors (Lipinski definition) is 4. The molecule has 0 aliphatic carbocycles. The number of anilines is 1. The number of carbonyl (C=O) groups excluding carboxylic acids is 1. The standard InChI is InChI=1S/C12H16N2O4/c1-7(6-13-2)11(16)14-9-5-8(12(17)18)3-4-10(9)15/h3-5,7,13,15H,6H2,1-2H3,(H,14,16)(H,17,18). The van der Waals surface area contributed by atoms with Gasteiger partial charge in [-0.25, -0.2) is 4.79 Å². The van der Waals surface area contributed by atoms with Crippen LogP contribution in [0.5, 0.6) is 5.75 Å². The van der Waals surface area contributed by atoms with E-state index in [1.807, 2.05) is 0 Å². The van der Waals surface area contributed by atoms with Crippen LogP contribution < -0.4 is 10.6 Å². The smallest absolute Gasteiger partial charge is 0.335 e. The fraction of sp³-hybridized carbons (Fsp3) is 0.333. The minimum absolute atomic E-state index is 0.00405. The van der Waals surface area contributed by atoms with Crippen molar-refractivity contribution in [3.05, 3.63) is 23.8 Å². The van der Waals surface area contributed by atoms with Crippen LogP contribution >= 0.6 is 0 Å². The van der Waals surface area contributed by atoms with Crippen molar-refractivity contribution >= 4 is 17.6 Å². The van der Waals surface area contributed by atoms with Crippen LogP contribution in [0.1, 0.15) is 17.3 Å². The van der Waals surface area contributed by atoms with E-state index in [2.05, 4.69) is 10.6 Å². The molecular weight excluding hydrogens is 236 g/mol. The third-order valence-electron chi connectivity index (χ3n) is 2.46. The molecule has 98 valence electrons. The van der Waals surface area contributed by atoms with Crippen molar-refractivity contribution in [3.8, 4) is 5.75 Å². The van der Waals surface area contributed by atoms with Gasteiger partial charge in [-0.3, -0.25) is 4.79 Å². The van der Waals surface area contributed by atoms with Crippen LogP contribution in [-0.4, -0.2) is 35.7 Å². The Morgan fingerprint density at radius 3 is 2.61 bits per heavy atom. The van der Waals surface area contributed by atoms with Gasteiger partial charge in [-0.2, -0.15) is 0 Å². The molecule has 1 rings (SSSR count). The summed E-state index contributed by atoms with van der Waals surface area (Å²) in [5.41, 5.74) is 0.104. The average Bonchev–Trinajstić information content (AvgIpc) is 2.31. The number of carboxylic acids is 1. The maximum atomic E-state index is 11.7. The molecule has 1 atom stereocenters. The van der Waals surface area contributed by atoms with Crippen LogP contribution in [0.15, 0.2) is 18.2 Å². The topological polar surface area (TPSA) is 98.7 Å². The first-order chi connectivity index (χ1) is 8.45. The SMILES string of the molecule is CNCC(C)C(=O)Nc1cc(C(=O)O)ccc1O. The second kappa shape index (κ2) is 6.02. The quantitative estimate of drug-likeness (QED) is 0.583. The van der Waals surface area contributed by atoms with Gasteiger partial charge in [0.05, 0.1) is 11.3 Å². The van der Waals surface area contributed by atoms with E-state index in [4.69, 9.17) is 5.11 Å². The van der Waals surface area contributed by atoms with Gasteiger partial charge in [0.1, 0.15) is 5.75 Å². The molecule has 1 aromatic carbocycles. The number of phenols is 1. The molecule has 0 aromatic heterocycles. The van der Waals surface area contributed by atoms with Gasteiger partial charge in [0.25, 0.3) is 0 Å². The van der Waals surface area contributed by atoms with Crippen LogP contribution in [0.2, 0.25) is 0 Å². The van der Waals surface area contributed by atoms with E-state index in [-0.39, 0.29) is 28.8 Å². The predicted octanol–water partition coefficient (Wildman–Crippen LogP) is 0.884. The first-order valence-corrected chi connectivity index (χ1v) is 5.47. The van der Waals surface area contributed by atoms with Crippen molar-refractivity contribution in [1.82, 2.24) is 5.32 Å². The molecule has 1 aromatic rings. The fourth-order valence-electron chi connectivity index (χ4n) is 1.42. The van der Waals surface area contributed by atoms with Crippen molar-refractivity contribution < 1.29 is 19.8 Å². The number of aromatic hydroxyl groups is 1. The first-order valence-electron chi connectivity index (χ1n) is 5.47. The van der Waals surface area contributed by atoms with E-state index in [9.17, 15) is 14.7 Å². The minimum Gasteiger partial charge on any atom is -0.506 e. The van der Waals surface area contributed by atoms with E-state index in [0.29, 0.717) is 6.54 Å². The number of nitrogens with one attached hydrogen (secondary N) is 2. The summed E-state index contributed by atoms with van der Waals surface area (Å²) in [6.45, 7) is 2.22. The summed E-state index contributed by atoms with van der Waals surface area (Å²) >= 11 is 0. The Morgan fingerprint density at radius 2 is 2.06 bits per heavy atom. The van der Waals surface area contributed by atoms with Crippen LogP contribution in [-0.2, 0) is 4.79 Å². The molecule has 4 N–H and O–H groups in total. The Morgan fingerprint density at radius 1 is 1.39 bits per heavy atom. The summed E-state index contributed by atoms with van der Waals surface area (Å²) in [5, 5.41) is 23.7. The van der Waals surface area contributed by atoms with Crippen LogP contribution in [0.25, 0.3) is 0 Å². The van der Waals surface area contributed by atoms with Crippen molar-refractivity contribution in [2.45, 2.75) is 6.92 Å². The molecule has 0 fully saturated rings. The maximum absolute atomic E-state index is 11.7. The second-order valence-electron chi connectivity index (χ2n) is 3.99. The van der Waals surface area contributed by atoms with Gasteiger partial charge < -0.3 is 20.8 Å². The average molecular weight is 252 g/mol. The molecule has 0 aliphatic rings. The third kappa shape index (κ3) is 3.46. The van der Waals surface area contributed by atoms with Gasteiger partial charge >= 0.3 is 5.97 Å². The number of phenolic OH excluding ortho intramolecular Hbond substituents is 1. The molecular formula is C12H16N2O4. The number of carboxylic acid groups (broad SMARTS) is 1. The van der Waals surface area contributed by atoms with Gasteiger partial charge in [0.15, 0.2) is 0 Å². The molecule has 0 saturated heterocycles. The summed E-state index contributed by atoms with van der Waals surface area (Å²) in [7, 11) is 1.73. The number of benzene rings is 1. The highest BCUT2D eigenvalue weighted by molar-refractivity contribution is 5.96. The molecule has 0 aliphatic heterocycles. The van der Waals surface area contributed by atoms with E-state index in [1.54, 1.807) is 14.0 Å². The van der Waals surface area contributed by atoms with Gasteiger partial charge in [-0.15, -0.1) is 0 Å². The molecule has 6 nitrogen and oxygen atoms in total. The van der Waals surface area contributed by atoms with Crippen LogP contribution in [0, 0.1) is 5.92 Å². The lowest BCUT2D eigenvalue weighted by atomic mass is 10.1. The lowest BCUT2D eigenvalue weighted by Gasteiger charge is -2.13. The van der Waals surface area contributed by atoms with Gasteiger partial charge in [0.2, 0.25) is 5.91 Å². The predicted molar refractivity (Wildman–Crippen MR) is 66.8 cm³/mol. The highest BCUT2D eigenvalue weighted by Crippen LogP contribution is 2.24. The van der Waals surface area contributed by atoms with Gasteiger partial charge in [-0.05, 0) is 25.2 Å². The Balaban J connectivity index is 2.86. The van der Waals surface area contributed by atoms with E-state index < -0.39 is 5.97 Å². The molecule has 6 heteroatoms.